The number of hydrogen-bond acceptors (Lipinski definition) is 3. The fourth-order valence-corrected chi connectivity index (χ4v) is 4.41. The summed E-state index contributed by atoms with van der Waals surface area (Å²) in [6.45, 7) is 4.48. The lowest BCUT2D eigenvalue weighted by molar-refractivity contribution is -0.120. The standard InChI is InChI=1S/C33H60N2O3/c1-3-5-7-9-11-13-15-17-19-21-23-25-27-29-31(36)34-33(38)35-32(37)30-28-26-24-22-20-18-16-14-12-10-8-6-4-2/h13-16H,3-12,17-30H2,1-2H3,(H2,34,35,36,37,38)/b15-13-,16-14-. The van der Waals surface area contributed by atoms with Gasteiger partial charge in [0.1, 0.15) is 0 Å². The molecular formula is C33H60N2O3. The zero-order chi connectivity index (χ0) is 27.9. The molecule has 0 rings (SSSR count). The lowest BCUT2D eigenvalue weighted by Crippen LogP contribution is -2.42. The van der Waals surface area contributed by atoms with Crippen LogP contribution in [0.15, 0.2) is 24.3 Å². The number of urea groups is 1. The number of rotatable bonds is 26. The summed E-state index contributed by atoms with van der Waals surface area (Å²) in [6.07, 6.45) is 35.6. The summed E-state index contributed by atoms with van der Waals surface area (Å²) in [7, 11) is 0. The number of carbonyl (C=O) groups excluding carboxylic acids is 3. The highest BCUT2D eigenvalue weighted by molar-refractivity contribution is 6.01. The lowest BCUT2D eigenvalue weighted by atomic mass is 10.1. The summed E-state index contributed by atoms with van der Waals surface area (Å²) < 4.78 is 0. The van der Waals surface area contributed by atoms with Gasteiger partial charge in [0.05, 0.1) is 0 Å². The first-order valence-corrected chi connectivity index (χ1v) is 16.0. The van der Waals surface area contributed by atoms with Crippen molar-refractivity contribution < 1.29 is 14.4 Å². The number of hydrogen-bond donors (Lipinski definition) is 2. The Hall–Kier alpha value is -1.91. The second kappa shape index (κ2) is 29.6. The molecule has 0 saturated carbocycles. The molecule has 0 aliphatic rings. The van der Waals surface area contributed by atoms with Gasteiger partial charge in [-0.3, -0.25) is 20.2 Å². The molecule has 0 aromatic rings. The van der Waals surface area contributed by atoms with Crippen LogP contribution in [0.5, 0.6) is 0 Å². The number of allylic oxidation sites excluding steroid dienone is 4. The molecule has 5 heteroatoms. The van der Waals surface area contributed by atoms with Crippen molar-refractivity contribution in [2.75, 3.05) is 0 Å². The topological polar surface area (TPSA) is 75.3 Å². The zero-order valence-electron chi connectivity index (χ0n) is 25.0. The maximum absolute atomic E-state index is 11.9. The molecule has 0 radical (unpaired) electrons. The maximum Gasteiger partial charge on any atom is 0.328 e. The van der Waals surface area contributed by atoms with Gasteiger partial charge in [-0.1, -0.05) is 115 Å². The molecule has 2 N–H and O–H groups in total. The smallest absolute Gasteiger partial charge is 0.278 e. The van der Waals surface area contributed by atoms with E-state index in [1.54, 1.807) is 0 Å². The number of amides is 4. The molecule has 5 nitrogen and oxygen atoms in total. The van der Waals surface area contributed by atoms with Gasteiger partial charge in [-0.25, -0.2) is 4.79 Å². The quantitative estimate of drug-likeness (QED) is 0.0859. The van der Waals surface area contributed by atoms with Crippen LogP contribution in [0.3, 0.4) is 0 Å². The van der Waals surface area contributed by atoms with Crippen LogP contribution in [0, 0.1) is 0 Å². The minimum absolute atomic E-state index is 0.309. The average Bonchev–Trinajstić information content (AvgIpc) is 2.89. The van der Waals surface area contributed by atoms with Crippen LogP contribution >= 0.6 is 0 Å². The molecule has 0 bridgehead atoms. The largest absolute Gasteiger partial charge is 0.328 e. The molecule has 0 saturated heterocycles. The third-order valence-electron chi connectivity index (χ3n) is 6.84. The zero-order valence-corrected chi connectivity index (χ0v) is 25.0. The van der Waals surface area contributed by atoms with E-state index in [9.17, 15) is 14.4 Å². The Morgan fingerprint density at radius 1 is 0.421 bits per heavy atom. The first-order chi connectivity index (χ1) is 18.6. The third-order valence-corrected chi connectivity index (χ3v) is 6.84. The highest BCUT2D eigenvalue weighted by Crippen LogP contribution is 2.10. The number of imide groups is 2. The summed E-state index contributed by atoms with van der Waals surface area (Å²) in [5, 5.41) is 4.56. The molecule has 0 aromatic carbocycles. The Morgan fingerprint density at radius 3 is 1.05 bits per heavy atom. The molecule has 4 amide bonds. The predicted molar refractivity (Wildman–Crippen MR) is 162 cm³/mol. The van der Waals surface area contributed by atoms with Crippen molar-refractivity contribution in [2.24, 2.45) is 0 Å². The SMILES string of the molecule is CCCCCC/C=C\CCCCCCCC(=O)NC(=O)NC(=O)CCCCCCC/C=C\CCCCCC. The van der Waals surface area contributed by atoms with Crippen molar-refractivity contribution in [3.63, 3.8) is 0 Å². The molecule has 0 unspecified atom stereocenters. The summed E-state index contributed by atoms with van der Waals surface area (Å²) in [6, 6.07) is -0.692. The van der Waals surface area contributed by atoms with Crippen molar-refractivity contribution in [2.45, 2.75) is 168 Å². The normalized spacial score (nSPS) is 11.4. The van der Waals surface area contributed by atoms with Crippen LogP contribution in [0.25, 0.3) is 0 Å². The van der Waals surface area contributed by atoms with Gasteiger partial charge in [0.15, 0.2) is 0 Å². The van der Waals surface area contributed by atoms with Crippen LogP contribution < -0.4 is 10.6 Å². The van der Waals surface area contributed by atoms with Crippen LogP contribution in [0.4, 0.5) is 4.79 Å². The van der Waals surface area contributed by atoms with Gasteiger partial charge >= 0.3 is 6.03 Å². The van der Waals surface area contributed by atoms with E-state index in [2.05, 4.69) is 48.8 Å². The molecule has 38 heavy (non-hydrogen) atoms. The fourth-order valence-electron chi connectivity index (χ4n) is 4.41. The Balaban J connectivity index is 3.51. The van der Waals surface area contributed by atoms with E-state index in [4.69, 9.17) is 0 Å². The first kappa shape index (κ1) is 36.1. The third kappa shape index (κ3) is 28.7. The maximum atomic E-state index is 11.9. The van der Waals surface area contributed by atoms with Crippen LogP contribution in [-0.2, 0) is 9.59 Å². The van der Waals surface area contributed by atoms with Crippen LogP contribution in [-0.4, -0.2) is 17.8 Å². The Bertz CT molecular complexity index is 576. The second-order valence-electron chi connectivity index (χ2n) is 10.7. The fraction of sp³-hybridized carbons (Fsp3) is 0.788. The average molecular weight is 533 g/mol. The van der Waals surface area contributed by atoms with Gasteiger partial charge in [-0.05, 0) is 64.2 Å². The Morgan fingerprint density at radius 2 is 0.711 bits per heavy atom. The van der Waals surface area contributed by atoms with E-state index in [-0.39, 0.29) is 11.8 Å². The molecule has 0 aliphatic carbocycles. The molecule has 0 atom stereocenters. The second-order valence-corrected chi connectivity index (χ2v) is 10.7. The molecule has 0 fully saturated rings. The van der Waals surface area contributed by atoms with Crippen molar-refractivity contribution in [3.05, 3.63) is 24.3 Å². The van der Waals surface area contributed by atoms with Crippen molar-refractivity contribution >= 4 is 17.8 Å². The number of carbonyl (C=O) groups is 3. The molecule has 0 heterocycles. The summed E-state index contributed by atoms with van der Waals surface area (Å²) in [5.41, 5.74) is 0. The van der Waals surface area contributed by atoms with Crippen LogP contribution in [0.2, 0.25) is 0 Å². The van der Waals surface area contributed by atoms with E-state index in [0.29, 0.717) is 12.8 Å². The number of nitrogens with one attached hydrogen (secondary N) is 2. The predicted octanol–water partition coefficient (Wildman–Crippen LogP) is 9.85. The van der Waals surface area contributed by atoms with Gasteiger partial charge in [0.2, 0.25) is 11.8 Å². The molecule has 0 aliphatic heterocycles. The first-order valence-electron chi connectivity index (χ1n) is 16.0. The van der Waals surface area contributed by atoms with Crippen LogP contribution in [0.1, 0.15) is 168 Å². The van der Waals surface area contributed by atoms with Crippen molar-refractivity contribution in [3.8, 4) is 0 Å². The Kier molecular flexibility index (Phi) is 28.2. The highest BCUT2D eigenvalue weighted by Gasteiger charge is 2.10. The number of unbranched alkanes of at least 4 members (excludes halogenated alkanes) is 18. The van der Waals surface area contributed by atoms with Gasteiger partial charge in [-0.15, -0.1) is 0 Å². The van der Waals surface area contributed by atoms with Gasteiger partial charge in [0.25, 0.3) is 0 Å². The van der Waals surface area contributed by atoms with E-state index in [1.165, 1.54) is 89.9 Å². The van der Waals surface area contributed by atoms with Crippen molar-refractivity contribution in [1.82, 2.24) is 10.6 Å². The van der Waals surface area contributed by atoms with Gasteiger partial charge < -0.3 is 0 Å². The lowest BCUT2D eigenvalue weighted by Gasteiger charge is -2.06. The van der Waals surface area contributed by atoms with Gasteiger partial charge in [-0.2, -0.15) is 0 Å². The summed E-state index contributed by atoms with van der Waals surface area (Å²) in [5.74, 6) is -0.618. The monoisotopic (exact) mass is 532 g/mol. The van der Waals surface area contributed by atoms with E-state index >= 15 is 0 Å². The highest BCUT2D eigenvalue weighted by atomic mass is 16.2. The molecule has 220 valence electrons. The van der Waals surface area contributed by atoms with Crippen molar-refractivity contribution in [1.29, 1.82) is 0 Å². The van der Waals surface area contributed by atoms with Gasteiger partial charge in [0, 0.05) is 12.8 Å². The summed E-state index contributed by atoms with van der Waals surface area (Å²) >= 11 is 0. The van der Waals surface area contributed by atoms with E-state index < -0.39 is 6.03 Å². The Labute approximate surface area is 235 Å². The minimum Gasteiger partial charge on any atom is -0.278 e. The molecule has 0 aromatic heterocycles. The van der Waals surface area contributed by atoms with E-state index in [0.717, 1.165) is 51.4 Å². The molecule has 0 spiro atoms. The molecular weight excluding hydrogens is 472 g/mol. The van der Waals surface area contributed by atoms with E-state index in [1.807, 2.05) is 0 Å². The summed E-state index contributed by atoms with van der Waals surface area (Å²) in [4.78, 5) is 35.7. The minimum atomic E-state index is -0.692.